The quantitative estimate of drug-likeness (QED) is 0.789. The molecule has 4 heteroatoms. The largest absolute Gasteiger partial charge is 0.444 e. The molecule has 1 aliphatic carbocycles. The third kappa shape index (κ3) is 3.24. The summed E-state index contributed by atoms with van der Waals surface area (Å²) in [7, 11) is 0. The fraction of sp³-hybridized carbons (Fsp3) is 0.857. The first-order valence-corrected chi connectivity index (χ1v) is 6.59. The molecule has 18 heavy (non-hydrogen) atoms. The van der Waals surface area contributed by atoms with Crippen LogP contribution in [0, 0.1) is 5.41 Å². The first kappa shape index (κ1) is 15.0. The van der Waals surface area contributed by atoms with E-state index in [4.69, 9.17) is 4.74 Å². The Bertz CT molecular complexity index is 322. The van der Waals surface area contributed by atoms with E-state index in [9.17, 15) is 9.59 Å². The van der Waals surface area contributed by atoms with Gasteiger partial charge in [-0.3, -0.25) is 0 Å². The van der Waals surface area contributed by atoms with Crippen LogP contribution in [0.4, 0.5) is 4.79 Å². The number of hydrogen-bond donors (Lipinski definition) is 1. The first-order chi connectivity index (χ1) is 8.12. The van der Waals surface area contributed by atoms with Crippen LogP contribution in [0.3, 0.4) is 0 Å². The minimum atomic E-state index is -0.569. The van der Waals surface area contributed by atoms with Crippen molar-refractivity contribution in [2.45, 2.75) is 71.4 Å². The summed E-state index contributed by atoms with van der Waals surface area (Å²) < 4.78 is 5.30. The Hall–Kier alpha value is -1.06. The zero-order valence-electron chi connectivity index (χ0n) is 12.1. The molecule has 1 saturated carbocycles. The topological polar surface area (TPSA) is 55.4 Å². The van der Waals surface area contributed by atoms with E-state index in [2.05, 4.69) is 5.32 Å². The number of alkyl carbamates (subject to hydrolysis) is 1. The van der Waals surface area contributed by atoms with Crippen LogP contribution in [-0.4, -0.2) is 23.5 Å². The van der Waals surface area contributed by atoms with Gasteiger partial charge in [0.05, 0.1) is 5.54 Å². The van der Waals surface area contributed by atoms with E-state index in [1.54, 1.807) is 0 Å². The lowest BCUT2D eigenvalue weighted by atomic mass is 9.72. The number of hydrogen-bond acceptors (Lipinski definition) is 3. The van der Waals surface area contributed by atoms with E-state index in [1.807, 2.05) is 34.6 Å². The third-order valence-corrected chi connectivity index (χ3v) is 3.73. The summed E-state index contributed by atoms with van der Waals surface area (Å²) in [5.41, 5.74) is -1.55. The van der Waals surface area contributed by atoms with Crippen molar-refractivity contribution in [1.82, 2.24) is 5.32 Å². The van der Waals surface area contributed by atoms with E-state index in [0.717, 1.165) is 32.0 Å². The number of carbonyl (C=O) groups excluding carboxylic acids is 2. The molecule has 0 atom stereocenters. The van der Waals surface area contributed by atoms with Crippen molar-refractivity contribution in [3.05, 3.63) is 0 Å². The third-order valence-electron chi connectivity index (χ3n) is 3.73. The zero-order valence-corrected chi connectivity index (χ0v) is 12.1. The van der Waals surface area contributed by atoms with Crippen LogP contribution in [0.5, 0.6) is 0 Å². The monoisotopic (exact) mass is 255 g/mol. The first-order valence-electron chi connectivity index (χ1n) is 6.59. The molecular formula is C14H25NO3. The van der Waals surface area contributed by atoms with Crippen LogP contribution in [-0.2, 0) is 9.53 Å². The Labute approximate surface area is 109 Å². The number of ether oxygens (including phenoxy) is 1. The predicted octanol–water partition coefficient (Wildman–Crippen LogP) is 3.05. The maximum atomic E-state index is 11.9. The molecule has 0 heterocycles. The number of aldehydes is 1. The Kier molecular flexibility index (Phi) is 4.08. The Balaban J connectivity index is 2.82. The molecule has 0 saturated heterocycles. The predicted molar refractivity (Wildman–Crippen MR) is 70.4 cm³/mol. The summed E-state index contributed by atoms with van der Waals surface area (Å²) in [6.45, 7) is 9.25. The highest BCUT2D eigenvalue weighted by Crippen LogP contribution is 2.42. The fourth-order valence-corrected chi connectivity index (χ4v) is 2.52. The molecule has 1 amide bonds. The lowest BCUT2D eigenvalue weighted by Gasteiger charge is -2.41. The molecule has 0 aliphatic heterocycles. The lowest BCUT2D eigenvalue weighted by Crippen LogP contribution is -2.57. The van der Waals surface area contributed by atoms with Gasteiger partial charge in [-0.2, -0.15) is 0 Å². The van der Waals surface area contributed by atoms with E-state index >= 15 is 0 Å². The van der Waals surface area contributed by atoms with Gasteiger partial charge in [-0.05, 0) is 33.6 Å². The highest BCUT2D eigenvalue weighted by Gasteiger charge is 2.48. The molecule has 0 radical (unpaired) electrons. The molecule has 0 spiro atoms. The van der Waals surface area contributed by atoms with Gasteiger partial charge in [0.1, 0.15) is 11.9 Å². The van der Waals surface area contributed by atoms with Crippen LogP contribution in [0.2, 0.25) is 0 Å². The molecule has 1 rings (SSSR count). The summed E-state index contributed by atoms with van der Waals surface area (Å²) in [4.78, 5) is 23.2. The van der Waals surface area contributed by atoms with E-state index in [1.165, 1.54) is 0 Å². The average molecular weight is 255 g/mol. The van der Waals surface area contributed by atoms with Gasteiger partial charge >= 0.3 is 6.09 Å². The van der Waals surface area contributed by atoms with Crippen molar-refractivity contribution in [2.24, 2.45) is 5.41 Å². The smallest absolute Gasteiger partial charge is 0.408 e. The van der Waals surface area contributed by atoms with Crippen molar-refractivity contribution < 1.29 is 14.3 Å². The van der Waals surface area contributed by atoms with Gasteiger partial charge in [-0.15, -0.1) is 0 Å². The number of amides is 1. The molecule has 1 N–H and O–H groups in total. The van der Waals surface area contributed by atoms with Crippen molar-refractivity contribution in [3.8, 4) is 0 Å². The van der Waals surface area contributed by atoms with Crippen molar-refractivity contribution >= 4 is 12.4 Å². The SMILES string of the molecule is CC(C)(C)OC(=O)NC1(C(C)(C)C=O)CCCC1. The second kappa shape index (κ2) is 4.90. The molecule has 0 aromatic carbocycles. The highest BCUT2D eigenvalue weighted by molar-refractivity contribution is 5.71. The van der Waals surface area contributed by atoms with Gasteiger partial charge in [0.2, 0.25) is 0 Å². The van der Waals surface area contributed by atoms with Crippen LogP contribution in [0.15, 0.2) is 0 Å². The Morgan fingerprint density at radius 2 is 1.67 bits per heavy atom. The second-order valence-corrected chi connectivity index (χ2v) is 6.76. The second-order valence-electron chi connectivity index (χ2n) is 6.76. The van der Waals surface area contributed by atoms with Gasteiger partial charge in [-0.25, -0.2) is 4.79 Å². The summed E-state index contributed by atoms with van der Waals surface area (Å²) in [5.74, 6) is 0. The minimum absolute atomic E-state index is 0.431. The maximum Gasteiger partial charge on any atom is 0.408 e. The van der Waals surface area contributed by atoms with Crippen molar-refractivity contribution in [1.29, 1.82) is 0 Å². The maximum absolute atomic E-state index is 11.9. The van der Waals surface area contributed by atoms with E-state index in [-0.39, 0.29) is 0 Å². The molecule has 4 nitrogen and oxygen atoms in total. The van der Waals surface area contributed by atoms with Crippen LogP contribution < -0.4 is 5.32 Å². The molecule has 0 bridgehead atoms. The van der Waals surface area contributed by atoms with Gasteiger partial charge in [0, 0.05) is 5.41 Å². The lowest BCUT2D eigenvalue weighted by molar-refractivity contribution is -0.118. The van der Waals surface area contributed by atoms with Crippen molar-refractivity contribution in [3.63, 3.8) is 0 Å². The standard InChI is InChI=1S/C14H25NO3/c1-12(2,3)18-11(17)15-14(8-6-7-9-14)13(4,5)10-16/h10H,6-9H2,1-5H3,(H,15,17). The van der Waals surface area contributed by atoms with Gasteiger partial charge in [-0.1, -0.05) is 26.7 Å². The molecule has 0 aromatic heterocycles. The van der Waals surface area contributed by atoms with E-state index < -0.39 is 22.6 Å². The van der Waals surface area contributed by atoms with Crippen molar-refractivity contribution in [2.75, 3.05) is 0 Å². The normalized spacial score (nSPS) is 19.4. The molecular weight excluding hydrogens is 230 g/mol. The molecule has 0 aromatic rings. The van der Waals surface area contributed by atoms with Crippen LogP contribution in [0.25, 0.3) is 0 Å². The molecule has 104 valence electrons. The Morgan fingerprint density at radius 3 is 2.06 bits per heavy atom. The Morgan fingerprint density at radius 1 is 1.17 bits per heavy atom. The average Bonchev–Trinajstić information content (AvgIpc) is 2.64. The van der Waals surface area contributed by atoms with E-state index in [0.29, 0.717) is 0 Å². The highest BCUT2D eigenvalue weighted by atomic mass is 16.6. The number of rotatable bonds is 3. The van der Waals surface area contributed by atoms with Gasteiger partial charge < -0.3 is 14.8 Å². The summed E-state index contributed by atoms with van der Waals surface area (Å²) in [6, 6.07) is 0. The van der Waals surface area contributed by atoms with Crippen LogP contribution >= 0.6 is 0 Å². The summed E-state index contributed by atoms with van der Waals surface area (Å²) in [5, 5.41) is 2.95. The van der Waals surface area contributed by atoms with Gasteiger partial charge in [0.25, 0.3) is 0 Å². The molecule has 0 unspecified atom stereocenters. The summed E-state index contributed by atoms with van der Waals surface area (Å²) in [6.07, 6.45) is 4.24. The molecule has 1 aliphatic rings. The number of nitrogens with one attached hydrogen (secondary N) is 1. The minimum Gasteiger partial charge on any atom is -0.444 e. The van der Waals surface area contributed by atoms with Gasteiger partial charge in [0.15, 0.2) is 0 Å². The molecule has 1 fully saturated rings. The fourth-order valence-electron chi connectivity index (χ4n) is 2.52. The zero-order chi connectivity index (χ0) is 14.0. The number of carbonyl (C=O) groups is 2. The van der Waals surface area contributed by atoms with Crippen LogP contribution in [0.1, 0.15) is 60.3 Å². The summed E-state index contributed by atoms with van der Waals surface area (Å²) >= 11 is 0.